The van der Waals surface area contributed by atoms with Gasteiger partial charge in [0.25, 0.3) is 10.1 Å². The molecule has 3 N–H and O–H groups in total. The van der Waals surface area contributed by atoms with Gasteiger partial charge in [0.2, 0.25) is 11.9 Å². The van der Waals surface area contributed by atoms with Crippen LogP contribution in [0, 0.1) is 18.6 Å². The quantitative estimate of drug-likeness (QED) is 0.155. The van der Waals surface area contributed by atoms with Crippen molar-refractivity contribution in [3.8, 4) is 22.8 Å². The molecule has 2 atom stereocenters. The number of ether oxygens (including phenoxy) is 4. The summed E-state index contributed by atoms with van der Waals surface area (Å²) in [5.41, 5.74) is 0.662. The van der Waals surface area contributed by atoms with Crippen molar-refractivity contribution in [1.82, 2.24) is 20.3 Å². The molecule has 52 heavy (non-hydrogen) atoms. The second-order valence-electron chi connectivity index (χ2n) is 12.5. The predicted octanol–water partition coefficient (Wildman–Crippen LogP) is 4.33. The normalized spacial score (nSPS) is 18.0. The summed E-state index contributed by atoms with van der Waals surface area (Å²) in [5.74, 6) is -1.75. The maximum atomic E-state index is 15.4. The van der Waals surface area contributed by atoms with Crippen LogP contribution in [0.1, 0.15) is 18.9 Å². The number of nitrogens with one attached hydrogen (secondary N) is 2. The number of nitrogens with zero attached hydrogens (tertiary/aromatic N) is 4. The van der Waals surface area contributed by atoms with Crippen molar-refractivity contribution < 1.29 is 45.5 Å². The average Bonchev–Trinajstić information content (AvgIpc) is 3.11. The molecule has 6 rings (SSSR count). The molecule has 2 fully saturated rings. The minimum atomic E-state index is -4.02. The van der Waals surface area contributed by atoms with Crippen LogP contribution < -0.4 is 25.0 Å². The van der Waals surface area contributed by atoms with Gasteiger partial charge >= 0.3 is 0 Å². The third-order valence-corrected chi connectivity index (χ3v) is 9.59. The van der Waals surface area contributed by atoms with E-state index in [0.29, 0.717) is 49.4 Å². The van der Waals surface area contributed by atoms with Gasteiger partial charge in [-0.1, -0.05) is 24.3 Å². The zero-order valence-corrected chi connectivity index (χ0v) is 30.1. The average molecular weight is 743 g/mol. The zero-order valence-electron chi connectivity index (χ0n) is 29.3. The van der Waals surface area contributed by atoms with Crippen molar-refractivity contribution in [3.63, 3.8) is 0 Å². The lowest BCUT2D eigenvalue weighted by atomic mass is 9.96. The molecule has 2 aromatic carbocycles. The molecule has 0 bridgehead atoms. The Balaban J connectivity index is 0.000000407. The van der Waals surface area contributed by atoms with Crippen LogP contribution in [0.2, 0.25) is 0 Å². The fourth-order valence-corrected chi connectivity index (χ4v) is 6.24. The highest BCUT2D eigenvalue weighted by molar-refractivity contribution is 7.85. The molecule has 2 aliphatic heterocycles. The predicted molar refractivity (Wildman–Crippen MR) is 189 cm³/mol. The molecule has 0 saturated carbocycles. The first-order valence-electron chi connectivity index (χ1n) is 16.1. The molecule has 14 nitrogen and oxygen atoms in total. The van der Waals surface area contributed by atoms with Gasteiger partial charge in [-0.2, -0.15) is 8.42 Å². The molecule has 2 aliphatic rings. The summed E-state index contributed by atoms with van der Waals surface area (Å²) in [6, 6.07) is 8.14. The highest BCUT2D eigenvalue weighted by Gasteiger charge is 2.41. The summed E-state index contributed by atoms with van der Waals surface area (Å²) in [5, 5.41) is 6.68. The Labute approximate surface area is 299 Å². The van der Waals surface area contributed by atoms with E-state index < -0.39 is 27.4 Å². The third kappa shape index (κ3) is 8.39. The van der Waals surface area contributed by atoms with Crippen molar-refractivity contribution in [2.24, 2.45) is 0 Å². The first kappa shape index (κ1) is 38.3. The number of carbonyl (C=O) groups is 1. The topological polar surface area (TPSA) is 174 Å². The van der Waals surface area contributed by atoms with Crippen LogP contribution >= 0.6 is 0 Å². The van der Waals surface area contributed by atoms with Crippen LogP contribution in [0.5, 0.6) is 11.5 Å². The van der Waals surface area contributed by atoms with Crippen molar-refractivity contribution in [2.45, 2.75) is 42.8 Å². The molecular weight excluding hydrogens is 702 g/mol. The van der Waals surface area contributed by atoms with Gasteiger partial charge in [0, 0.05) is 31.4 Å². The molecule has 0 radical (unpaired) electrons. The summed E-state index contributed by atoms with van der Waals surface area (Å²) in [4.78, 5) is 27.7. The molecule has 4 aromatic rings. The van der Waals surface area contributed by atoms with E-state index in [1.54, 1.807) is 25.4 Å². The number of methoxy groups -OCH3 is 3. The number of aryl methyl sites for hydroxylation is 1. The Morgan fingerprint density at radius 3 is 2.31 bits per heavy atom. The standard InChI is InChI=1S/C28H32F2N6O5.C7H8O3S/c1-6-21(37)32-16-7-8-41-12-18(16)34-27-31-11-15-9-17(22-23(29)19(38-3)10-20(39-4)24(22)30)33-26(25(15)35-27)36-13-28(2,14-36)40-5;1-6-2-4-7(5-3-6)11(8,9)10/h6,9-11,16,18H,1,7-8,12-14H2,2-5H3,(H,32,37)(H,31,34,35);2-5H,1H3,(H,8,9,10)/t16-,18+;/m0./s1. The molecular formula is C35H40F2N6O8S. The number of fused-ring (bicyclic) bond motifs is 1. The summed E-state index contributed by atoms with van der Waals surface area (Å²) in [7, 11) is 0.188. The molecule has 278 valence electrons. The lowest BCUT2D eigenvalue weighted by Gasteiger charge is -2.47. The van der Waals surface area contributed by atoms with Gasteiger partial charge in [-0.05, 0) is 44.5 Å². The van der Waals surface area contributed by atoms with Crippen molar-refractivity contribution in [2.75, 3.05) is 57.8 Å². The van der Waals surface area contributed by atoms with Crippen LogP contribution in [0.4, 0.5) is 20.5 Å². The lowest BCUT2D eigenvalue weighted by molar-refractivity contribution is -0.117. The minimum absolute atomic E-state index is 0.0305. The second kappa shape index (κ2) is 15.7. The molecule has 2 saturated heterocycles. The van der Waals surface area contributed by atoms with E-state index in [0.717, 1.165) is 11.6 Å². The van der Waals surface area contributed by atoms with E-state index in [1.807, 2.05) is 18.7 Å². The van der Waals surface area contributed by atoms with E-state index in [-0.39, 0.29) is 51.6 Å². The Morgan fingerprint density at radius 2 is 1.73 bits per heavy atom. The molecule has 0 spiro atoms. The molecule has 0 aliphatic carbocycles. The first-order chi connectivity index (χ1) is 24.7. The largest absolute Gasteiger partial charge is 0.494 e. The van der Waals surface area contributed by atoms with Crippen molar-refractivity contribution >= 4 is 38.7 Å². The SMILES string of the molecule is C=CC(=O)N[C@H]1CCOC[C@H]1Nc1ncc2cc(-c3c(F)c(OC)cc(OC)c3F)nc(N3CC(C)(OC)C3)c2n1.Cc1ccc(S(=O)(=O)O)cc1. The summed E-state index contributed by atoms with van der Waals surface area (Å²) >= 11 is 0. The Kier molecular flexibility index (Phi) is 11.6. The number of aromatic nitrogens is 3. The number of amides is 1. The van der Waals surface area contributed by atoms with Crippen LogP contribution in [0.25, 0.3) is 22.2 Å². The molecule has 0 unspecified atom stereocenters. The van der Waals surface area contributed by atoms with Gasteiger partial charge < -0.3 is 34.5 Å². The smallest absolute Gasteiger partial charge is 0.294 e. The van der Waals surface area contributed by atoms with Gasteiger partial charge in [0.05, 0.1) is 67.8 Å². The number of halogens is 2. The molecule has 17 heteroatoms. The molecule has 2 aromatic heterocycles. The third-order valence-electron chi connectivity index (χ3n) is 8.72. The Hall–Kier alpha value is -4.97. The summed E-state index contributed by atoms with van der Waals surface area (Å²) in [6.07, 6.45) is 3.38. The number of rotatable bonds is 10. The monoisotopic (exact) mass is 742 g/mol. The first-order valence-corrected chi connectivity index (χ1v) is 17.5. The van der Waals surface area contributed by atoms with Gasteiger partial charge in [-0.25, -0.2) is 23.7 Å². The lowest BCUT2D eigenvalue weighted by Crippen LogP contribution is -2.61. The summed E-state index contributed by atoms with van der Waals surface area (Å²) in [6.45, 7) is 9.13. The highest BCUT2D eigenvalue weighted by atomic mass is 32.2. The fraction of sp³-hybridized carbons (Fsp3) is 0.371. The maximum Gasteiger partial charge on any atom is 0.294 e. The van der Waals surface area contributed by atoms with Crippen molar-refractivity contribution in [3.05, 3.63) is 72.4 Å². The molecule has 1 amide bonds. The van der Waals surface area contributed by atoms with E-state index >= 15 is 8.78 Å². The number of anilines is 2. The number of pyridine rings is 1. The maximum absolute atomic E-state index is 15.4. The van der Waals surface area contributed by atoms with Gasteiger partial charge in [0.1, 0.15) is 5.52 Å². The van der Waals surface area contributed by atoms with E-state index in [2.05, 4.69) is 27.2 Å². The highest BCUT2D eigenvalue weighted by Crippen LogP contribution is 2.40. The number of hydrogen-bond donors (Lipinski definition) is 3. The van der Waals surface area contributed by atoms with E-state index in [9.17, 15) is 13.2 Å². The number of carbonyl (C=O) groups excluding carboxylic acids is 1. The van der Waals surface area contributed by atoms with Crippen LogP contribution in [-0.4, -0.2) is 99.1 Å². The van der Waals surface area contributed by atoms with Gasteiger partial charge in [0.15, 0.2) is 29.0 Å². The van der Waals surface area contributed by atoms with Crippen LogP contribution in [0.3, 0.4) is 0 Å². The number of hydrogen-bond acceptors (Lipinski definition) is 12. The Morgan fingerprint density at radius 1 is 1.08 bits per heavy atom. The Bertz CT molecular complexity index is 2030. The molecule has 4 heterocycles. The van der Waals surface area contributed by atoms with Gasteiger partial charge in [-0.3, -0.25) is 9.35 Å². The van der Waals surface area contributed by atoms with E-state index in [1.165, 1.54) is 38.5 Å². The fourth-order valence-electron chi connectivity index (χ4n) is 5.76. The van der Waals surface area contributed by atoms with Crippen LogP contribution in [0.15, 0.2) is 60.1 Å². The minimum Gasteiger partial charge on any atom is -0.494 e. The van der Waals surface area contributed by atoms with Crippen LogP contribution in [-0.2, 0) is 24.4 Å². The van der Waals surface area contributed by atoms with E-state index in [4.69, 9.17) is 28.5 Å². The van der Waals surface area contributed by atoms with Gasteiger partial charge in [-0.15, -0.1) is 0 Å². The zero-order chi connectivity index (χ0) is 37.8. The number of benzene rings is 2. The van der Waals surface area contributed by atoms with Crippen molar-refractivity contribution in [1.29, 1.82) is 0 Å². The summed E-state index contributed by atoms with van der Waals surface area (Å²) < 4.78 is 81.9. The second-order valence-corrected chi connectivity index (χ2v) is 13.9.